The summed E-state index contributed by atoms with van der Waals surface area (Å²) in [6.45, 7) is 2.48. The maximum atomic E-state index is 13.6. The summed E-state index contributed by atoms with van der Waals surface area (Å²) in [4.78, 5) is 24.2. The minimum atomic E-state index is -2.08. The van der Waals surface area contributed by atoms with E-state index >= 15 is 0 Å². The quantitative estimate of drug-likeness (QED) is 0.371. The van der Waals surface area contributed by atoms with E-state index in [1.54, 1.807) is 0 Å². The number of rotatable bonds is 4. The first-order valence-corrected chi connectivity index (χ1v) is 5.91. The number of carbonyl (C=O) groups excluding carboxylic acids is 2. The first-order valence-electron chi connectivity index (χ1n) is 5.91. The highest BCUT2D eigenvalue weighted by molar-refractivity contribution is 5.96. The summed E-state index contributed by atoms with van der Waals surface area (Å²) in [5.74, 6) is -9.53. The monoisotopic (exact) mass is 307 g/mol. The average Bonchev–Trinajstić information content (AvgIpc) is 2.44. The SMILES string of the molecule is COC(=O)CN(C(=O)c1cc(F)c(F)c(F)c1F)C(C)C. The van der Waals surface area contributed by atoms with Crippen LogP contribution in [0, 0.1) is 23.3 Å². The minimum absolute atomic E-state index is 0.253. The Bertz CT molecular complexity index is 575. The van der Waals surface area contributed by atoms with Crippen molar-refractivity contribution in [2.24, 2.45) is 0 Å². The van der Waals surface area contributed by atoms with Crippen molar-refractivity contribution >= 4 is 11.9 Å². The first kappa shape index (κ1) is 16.9. The lowest BCUT2D eigenvalue weighted by Gasteiger charge is -2.25. The number of esters is 1. The Morgan fingerprint density at radius 1 is 1.14 bits per heavy atom. The zero-order chi connectivity index (χ0) is 16.3. The second-order valence-corrected chi connectivity index (χ2v) is 4.45. The van der Waals surface area contributed by atoms with Crippen LogP contribution in [0.1, 0.15) is 24.2 Å². The maximum absolute atomic E-state index is 13.6. The fourth-order valence-electron chi connectivity index (χ4n) is 1.58. The zero-order valence-electron chi connectivity index (χ0n) is 11.5. The zero-order valence-corrected chi connectivity index (χ0v) is 11.5. The lowest BCUT2D eigenvalue weighted by atomic mass is 10.1. The molecule has 0 radical (unpaired) electrons. The number of hydrogen-bond donors (Lipinski definition) is 0. The van der Waals surface area contributed by atoms with Gasteiger partial charge in [0.25, 0.3) is 5.91 Å². The Hall–Kier alpha value is -2.12. The second-order valence-electron chi connectivity index (χ2n) is 4.45. The van der Waals surface area contributed by atoms with Crippen LogP contribution >= 0.6 is 0 Å². The van der Waals surface area contributed by atoms with Gasteiger partial charge >= 0.3 is 5.97 Å². The molecule has 0 unspecified atom stereocenters. The molecule has 0 bridgehead atoms. The third-order valence-corrected chi connectivity index (χ3v) is 2.74. The molecule has 0 saturated heterocycles. The van der Waals surface area contributed by atoms with Crippen molar-refractivity contribution in [2.45, 2.75) is 19.9 Å². The molecule has 1 rings (SSSR count). The van der Waals surface area contributed by atoms with Crippen LogP contribution in [-0.2, 0) is 9.53 Å². The van der Waals surface area contributed by atoms with E-state index in [4.69, 9.17) is 0 Å². The van der Waals surface area contributed by atoms with E-state index < -0.39 is 53.3 Å². The molecule has 0 spiro atoms. The van der Waals surface area contributed by atoms with Gasteiger partial charge in [-0.2, -0.15) is 0 Å². The van der Waals surface area contributed by atoms with E-state index in [-0.39, 0.29) is 6.07 Å². The largest absolute Gasteiger partial charge is 0.468 e. The molecule has 4 nitrogen and oxygen atoms in total. The molecule has 0 aliphatic carbocycles. The van der Waals surface area contributed by atoms with Crippen molar-refractivity contribution in [3.05, 3.63) is 34.9 Å². The molecular weight excluding hydrogens is 294 g/mol. The fraction of sp³-hybridized carbons (Fsp3) is 0.385. The summed E-state index contributed by atoms with van der Waals surface area (Å²) >= 11 is 0. The highest BCUT2D eigenvalue weighted by atomic mass is 19.2. The molecule has 0 fully saturated rings. The first-order chi connectivity index (χ1) is 9.70. The summed E-state index contributed by atoms with van der Waals surface area (Å²) in [7, 11) is 1.09. The van der Waals surface area contributed by atoms with Gasteiger partial charge in [-0.25, -0.2) is 17.6 Å². The summed E-state index contributed by atoms with van der Waals surface area (Å²) < 4.78 is 57.1. The Morgan fingerprint density at radius 3 is 2.19 bits per heavy atom. The van der Waals surface area contributed by atoms with Crippen molar-refractivity contribution in [3.8, 4) is 0 Å². The average molecular weight is 307 g/mol. The highest BCUT2D eigenvalue weighted by Gasteiger charge is 2.28. The van der Waals surface area contributed by atoms with Crippen molar-refractivity contribution in [3.63, 3.8) is 0 Å². The number of hydrogen-bond acceptors (Lipinski definition) is 3. The van der Waals surface area contributed by atoms with Crippen LogP contribution in [0.5, 0.6) is 0 Å². The van der Waals surface area contributed by atoms with Crippen LogP contribution in [0.2, 0.25) is 0 Å². The van der Waals surface area contributed by atoms with Gasteiger partial charge in [-0.15, -0.1) is 0 Å². The molecule has 0 saturated carbocycles. The van der Waals surface area contributed by atoms with Crippen LogP contribution < -0.4 is 0 Å². The molecule has 1 aromatic carbocycles. The summed E-state index contributed by atoms with van der Waals surface area (Å²) in [6.07, 6.45) is 0. The number of nitrogens with zero attached hydrogens (tertiary/aromatic N) is 1. The second kappa shape index (κ2) is 6.55. The Balaban J connectivity index is 3.25. The normalized spacial score (nSPS) is 10.7. The van der Waals surface area contributed by atoms with Crippen molar-refractivity contribution < 1.29 is 31.9 Å². The van der Waals surface area contributed by atoms with E-state index in [9.17, 15) is 27.2 Å². The van der Waals surface area contributed by atoms with E-state index in [0.29, 0.717) is 0 Å². The van der Waals surface area contributed by atoms with Gasteiger partial charge in [-0.3, -0.25) is 9.59 Å². The Morgan fingerprint density at radius 2 is 1.71 bits per heavy atom. The van der Waals surface area contributed by atoms with E-state index in [1.165, 1.54) is 13.8 Å². The number of amides is 1. The number of carbonyl (C=O) groups is 2. The number of benzene rings is 1. The molecule has 8 heteroatoms. The molecule has 0 heterocycles. The molecule has 0 atom stereocenters. The Labute approximate surface area is 118 Å². The van der Waals surface area contributed by atoms with Gasteiger partial charge in [0.05, 0.1) is 12.7 Å². The fourth-order valence-corrected chi connectivity index (χ4v) is 1.58. The number of ether oxygens (including phenoxy) is 1. The van der Waals surface area contributed by atoms with Gasteiger partial charge in [0.1, 0.15) is 6.54 Å². The maximum Gasteiger partial charge on any atom is 0.325 e. The van der Waals surface area contributed by atoms with Gasteiger partial charge in [-0.1, -0.05) is 0 Å². The van der Waals surface area contributed by atoms with Crippen molar-refractivity contribution in [1.82, 2.24) is 4.90 Å². The van der Waals surface area contributed by atoms with Crippen LogP contribution in [0.25, 0.3) is 0 Å². The third kappa shape index (κ3) is 3.50. The molecule has 21 heavy (non-hydrogen) atoms. The van der Waals surface area contributed by atoms with Gasteiger partial charge in [-0.05, 0) is 19.9 Å². The van der Waals surface area contributed by atoms with Gasteiger partial charge in [0.15, 0.2) is 23.3 Å². The summed E-state index contributed by atoms with van der Waals surface area (Å²) in [5.41, 5.74) is -0.996. The predicted octanol–water partition coefficient (Wildman–Crippen LogP) is 2.27. The van der Waals surface area contributed by atoms with Gasteiger partial charge in [0, 0.05) is 6.04 Å². The molecule has 0 N–H and O–H groups in total. The molecular formula is C13H13F4NO3. The van der Waals surface area contributed by atoms with Crippen LogP contribution in [-0.4, -0.2) is 36.5 Å². The van der Waals surface area contributed by atoms with Gasteiger partial charge in [0.2, 0.25) is 0 Å². The molecule has 0 aromatic heterocycles. The van der Waals surface area contributed by atoms with E-state index in [1.807, 2.05) is 0 Å². The minimum Gasteiger partial charge on any atom is -0.468 e. The topological polar surface area (TPSA) is 46.6 Å². The summed E-state index contributed by atoms with van der Waals surface area (Å²) in [5, 5.41) is 0. The van der Waals surface area contributed by atoms with E-state index in [2.05, 4.69) is 4.74 Å². The predicted molar refractivity (Wildman–Crippen MR) is 64.5 cm³/mol. The van der Waals surface area contributed by atoms with E-state index in [0.717, 1.165) is 12.0 Å². The van der Waals surface area contributed by atoms with Crippen molar-refractivity contribution in [2.75, 3.05) is 13.7 Å². The molecule has 0 aliphatic heterocycles. The van der Waals surface area contributed by atoms with Crippen LogP contribution in [0.4, 0.5) is 17.6 Å². The lowest BCUT2D eigenvalue weighted by molar-refractivity contribution is -0.141. The standard InChI is InChI=1S/C13H13F4NO3/c1-6(2)18(5-9(19)21-3)13(20)7-4-8(14)11(16)12(17)10(7)15/h4,6H,5H2,1-3H3. The molecule has 1 aromatic rings. The summed E-state index contributed by atoms with van der Waals surface area (Å²) in [6, 6.07) is -0.324. The number of halogens is 4. The third-order valence-electron chi connectivity index (χ3n) is 2.74. The van der Waals surface area contributed by atoms with Crippen LogP contribution in [0.3, 0.4) is 0 Å². The number of methoxy groups -OCH3 is 1. The Kier molecular flexibility index (Phi) is 5.28. The highest BCUT2D eigenvalue weighted by Crippen LogP contribution is 2.20. The lowest BCUT2D eigenvalue weighted by Crippen LogP contribution is -2.41. The van der Waals surface area contributed by atoms with Crippen molar-refractivity contribution in [1.29, 1.82) is 0 Å². The molecule has 1 amide bonds. The molecule has 116 valence electrons. The van der Waals surface area contributed by atoms with Crippen LogP contribution in [0.15, 0.2) is 6.07 Å². The van der Waals surface area contributed by atoms with Gasteiger partial charge < -0.3 is 9.64 Å². The molecule has 0 aliphatic rings. The smallest absolute Gasteiger partial charge is 0.325 e.